The van der Waals surface area contributed by atoms with Gasteiger partial charge in [0.2, 0.25) is 0 Å². The molecule has 2 aliphatic rings. The zero-order valence-electron chi connectivity index (χ0n) is 15.3. The fraction of sp³-hybridized carbons (Fsp3) is 0.318. The molecule has 0 bridgehead atoms. The van der Waals surface area contributed by atoms with Crippen LogP contribution in [0.1, 0.15) is 31.2 Å². The van der Waals surface area contributed by atoms with E-state index in [2.05, 4.69) is 5.32 Å². The molecule has 2 fully saturated rings. The number of nitrogens with zero attached hydrogens (tertiary/aromatic N) is 2. The number of anilines is 1. The summed E-state index contributed by atoms with van der Waals surface area (Å²) in [5.74, 6) is 0.606. The smallest absolute Gasteiger partial charge is 0.150 e. The maximum atomic E-state index is 13.3. The van der Waals surface area contributed by atoms with Gasteiger partial charge >= 0.3 is 0 Å². The average molecular weight is 365 g/mol. The number of rotatable bonds is 5. The third-order valence-electron chi connectivity index (χ3n) is 4.60. The third kappa shape index (κ3) is 4.95. The molecule has 0 atom stereocenters. The van der Waals surface area contributed by atoms with Crippen LogP contribution in [0.4, 0.5) is 10.1 Å². The van der Waals surface area contributed by atoms with E-state index in [0.29, 0.717) is 6.04 Å². The Morgan fingerprint density at radius 3 is 2.52 bits per heavy atom. The highest BCUT2D eigenvalue weighted by atomic mass is 19.1. The molecule has 1 saturated carbocycles. The Labute approximate surface area is 159 Å². The van der Waals surface area contributed by atoms with Crippen LogP contribution in [0, 0.1) is 5.82 Å². The van der Waals surface area contributed by atoms with Crippen molar-refractivity contribution in [2.24, 2.45) is 4.99 Å². The second-order valence-corrected chi connectivity index (χ2v) is 6.92. The zero-order chi connectivity index (χ0) is 18.5. The van der Waals surface area contributed by atoms with Crippen LogP contribution in [0.2, 0.25) is 0 Å². The van der Waals surface area contributed by atoms with Crippen LogP contribution in [-0.4, -0.2) is 30.1 Å². The van der Waals surface area contributed by atoms with Crippen molar-refractivity contribution in [2.45, 2.75) is 31.7 Å². The Balaban J connectivity index is 1.67. The first-order chi connectivity index (χ1) is 13.3. The highest BCUT2D eigenvalue weighted by molar-refractivity contribution is 6.00. The Kier molecular flexibility index (Phi) is 5.49. The van der Waals surface area contributed by atoms with Crippen molar-refractivity contribution in [1.82, 2.24) is 5.06 Å². The van der Waals surface area contributed by atoms with E-state index in [1.807, 2.05) is 41.5 Å². The first-order valence-corrected chi connectivity index (χ1v) is 9.56. The summed E-state index contributed by atoms with van der Waals surface area (Å²) in [6.07, 6.45) is 6.50. The zero-order valence-corrected chi connectivity index (χ0v) is 15.3. The predicted octanol–water partition coefficient (Wildman–Crippen LogP) is 4.87. The van der Waals surface area contributed by atoms with Gasteiger partial charge in [0.05, 0.1) is 12.6 Å². The quantitative estimate of drug-likeness (QED) is 0.607. The molecular weight excluding hydrogens is 341 g/mol. The largest absolute Gasteiger partial charge is 0.355 e. The van der Waals surface area contributed by atoms with Crippen molar-refractivity contribution in [1.29, 1.82) is 0 Å². The van der Waals surface area contributed by atoms with Gasteiger partial charge in [-0.1, -0.05) is 30.3 Å². The van der Waals surface area contributed by atoms with Crippen LogP contribution in [0.5, 0.6) is 0 Å². The molecule has 0 spiro atoms. The van der Waals surface area contributed by atoms with Crippen LogP contribution in [0.25, 0.3) is 5.70 Å². The Morgan fingerprint density at radius 1 is 1.07 bits per heavy atom. The van der Waals surface area contributed by atoms with E-state index in [9.17, 15) is 4.39 Å². The summed E-state index contributed by atoms with van der Waals surface area (Å²) in [7, 11) is 0. The van der Waals surface area contributed by atoms with E-state index in [-0.39, 0.29) is 5.82 Å². The predicted molar refractivity (Wildman–Crippen MR) is 107 cm³/mol. The monoisotopic (exact) mass is 365 g/mol. The molecule has 4 nitrogen and oxygen atoms in total. The summed E-state index contributed by atoms with van der Waals surface area (Å²) >= 11 is 0. The summed E-state index contributed by atoms with van der Waals surface area (Å²) < 4.78 is 13.3. The van der Waals surface area contributed by atoms with Crippen LogP contribution in [0.15, 0.2) is 65.7 Å². The van der Waals surface area contributed by atoms with Gasteiger partial charge in [-0.2, -0.15) is 0 Å². The maximum absolute atomic E-state index is 13.3. The van der Waals surface area contributed by atoms with Gasteiger partial charge in [-0.3, -0.25) is 9.83 Å². The van der Waals surface area contributed by atoms with Crippen molar-refractivity contribution in [3.8, 4) is 0 Å². The second-order valence-electron chi connectivity index (χ2n) is 6.92. The second kappa shape index (κ2) is 8.35. The molecule has 0 aromatic heterocycles. The molecule has 0 amide bonds. The first-order valence-electron chi connectivity index (χ1n) is 9.56. The van der Waals surface area contributed by atoms with Gasteiger partial charge in [0.25, 0.3) is 0 Å². The lowest BCUT2D eigenvalue weighted by molar-refractivity contribution is -0.122. The highest BCUT2D eigenvalue weighted by Crippen LogP contribution is 2.26. The number of amidine groups is 1. The van der Waals surface area contributed by atoms with E-state index in [4.69, 9.17) is 9.83 Å². The Morgan fingerprint density at radius 2 is 1.85 bits per heavy atom. The average Bonchev–Trinajstić information content (AvgIpc) is 3.54. The van der Waals surface area contributed by atoms with Gasteiger partial charge in [-0.05, 0) is 55.5 Å². The Bertz CT molecular complexity index is 807. The molecule has 1 N–H and O–H groups in total. The molecule has 140 valence electrons. The summed E-state index contributed by atoms with van der Waals surface area (Å²) in [5, 5.41) is 5.33. The van der Waals surface area contributed by atoms with Crippen LogP contribution < -0.4 is 5.32 Å². The minimum absolute atomic E-state index is 0.247. The lowest BCUT2D eigenvalue weighted by Crippen LogP contribution is -2.35. The number of halogens is 1. The number of aliphatic imine (C=N–C) groups is 1. The van der Waals surface area contributed by atoms with Gasteiger partial charge in [0.15, 0.2) is 0 Å². The van der Waals surface area contributed by atoms with Crippen molar-refractivity contribution < 1.29 is 9.23 Å². The van der Waals surface area contributed by atoms with E-state index in [1.165, 1.54) is 12.1 Å². The molecule has 2 aromatic rings. The van der Waals surface area contributed by atoms with Crippen molar-refractivity contribution in [3.63, 3.8) is 0 Å². The van der Waals surface area contributed by atoms with Gasteiger partial charge in [-0.15, -0.1) is 0 Å². The van der Waals surface area contributed by atoms with Crippen molar-refractivity contribution >= 4 is 17.2 Å². The SMILES string of the molecule is Fc1ccc(NC(=CC(=NC2CC2)N2CCCCO2)c2ccccc2)cc1. The minimum Gasteiger partial charge on any atom is -0.355 e. The first kappa shape index (κ1) is 17.7. The summed E-state index contributed by atoms with van der Waals surface area (Å²) in [4.78, 5) is 10.7. The fourth-order valence-electron chi connectivity index (χ4n) is 2.97. The van der Waals surface area contributed by atoms with Crippen molar-refractivity contribution in [3.05, 3.63) is 72.1 Å². The van der Waals surface area contributed by atoms with E-state index in [1.54, 1.807) is 12.1 Å². The van der Waals surface area contributed by atoms with E-state index in [0.717, 1.165) is 61.6 Å². The molecule has 5 heteroatoms. The molecule has 1 heterocycles. The molecule has 1 aliphatic heterocycles. The lowest BCUT2D eigenvalue weighted by atomic mass is 10.1. The van der Waals surface area contributed by atoms with Gasteiger partial charge in [-0.25, -0.2) is 9.45 Å². The Hall–Kier alpha value is -2.66. The topological polar surface area (TPSA) is 36.9 Å². The molecule has 4 rings (SSSR count). The molecule has 2 aromatic carbocycles. The highest BCUT2D eigenvalue weighted by Gasteiger charge is 2.24. The summed E-state index contributed by atoms with van der Waals surface area (Å²) in [6.45, 7) is 1.57. The maximum Gasteiger partial charge on any atom is 0.150 e. The molecule has 1 aliphatic carbocycles. The number of hydrogen-bond donors (Lipinski definition) is 1. The van der Waals surface area contributed by atoms with Gasteiger partial charge in [0, 0.05) is 24.0 Å². The number of hydroxylamine groups is 2. The fourth-order valence-corrected chi connectivity index (χ4v) is 2.97. The van der Waals surface area contributed by atoms with Crippen LogP contribution in [-0.2, 0) is 4.84 Å². The number of benzene rings is 2. The summed E-state index contributed by atoms with van der Waals surface area (Å²) in [6, 6.07) is 16.9. The minimum atomic E-state index is -0.247. The van der Waals surface area contributed by atoms with Gasteiger partial charge < -0.3 is 5.32 Å². The third-order valence-corrected chi connectivity index (χ3v) is 4.60. The van der Waals surface area contributed by atoms with Gasteiger partial charge in [0.1, 0.15) is 11.7 Å². The standard InChI is InChI=1S/C22H24FN3O/c23-18-8-10-19(11-9-18)24-21(17-6-2-1-3-7-17)16-22(25-20-12-13-20)26-14-4-5-15-27-26/h1-3,6-11,16,20,24H,4-5,12-15H2. The van der Waals surface area contributed by atoms with E-state index >= 15 is 0 Å². The van der Waals surface area contributed by atoms with Crippen LogP contribution >= 0.6 is 0 Å². The normalized spacial score (nSPS) is 18.5. The number of hydrogen-bond acceptors (Lipinski definition) is 3. The molecule has 0 unspecified atom stereocenters. The molecule has 0 radical (unpaired) electrons. The lowest BCUT2D eigenvalue weighted by Gasteiger charge is -2.28. The van der Waals surface area contributed by atoms with Crippen LogP contribution in [0.3, 0.4) is 0 Å². The molecular formula is C22H24FN3O. The summed E-state index contributed by atoms with van der Waals surface area (Å²) in [5.41, 5.74) is 2.79. The molecule has 27 heavy (non-hydrogen) atoms. The number of nitrogens with one attached hydrogen (secondary N) is 1. The molecule has 1 saturated heterocycles. The van der Waals surface area contributed by atoms with Crippen molar-refractivity contribution in [2.75, 3.05) is 18.5 Å². The van der Waals surface area contributed by atoms with E-state index < -0.39 is 0 Å².